The van der Waals surface area contributed by atoms with Gasteiger partial charge in [-0.25, -0.2) is 4.39 Å². The Bertz CT molecular complexity index is 899. The number of carbonyl (C=O) groups excluding carboxylic acids is 1. The highest BCUT2D eigenvalue weighted by Gasteiger charge is 2.73. The maximum atomic E-state index is 14.1. The molecule has 5 aliphatic carbocycles. The number of Topliss-reactive ketones (excluding diaryl/α,β-unsaturated/α-hetero) is 1. The van der Waals surface area contributed by atoms with Crippen LogP contribution < -0.4 is 5.32 Å². The summed E-state index contributed by atoms with van der Waals surface area (Å²) < 4.78 is 14.1. The molecule has 32 heavy (non-hydrogen) atoms. The molecule has 3 heteroatoms. The van der Waals surface area contributed by atoms with Crippen molar-refractivity contribution in [1.29, 1.82) is 0 Å². The fraction of sp³-hybridized carbons (Fsp3) is 0.759. The van der Waals surface area contributed by atoms with E-state index in [-0.39, 0.29) is 23.7 Å². The summed E-state index contributed by atoms with van der Waals surface area (Å²) in [6, 6.07) is 6.72. The van der Waals surface area contributed by atoms with E-state index in [4.69, 9.17) is 0 Å². The number of anilines is 1. The van der Waals surface area contributed by atoms with Crippen molar-refractivity contribution in [3.63, 3.8) is 0 Å². The number of rotatable bonds is 4. The third kappa shape index (κ3) is 3.05. The van der Waals surface area contributed by atoms with Crippen molar-refractivity contribution in [1.82, 2.24) is 0 Å². The van der Waals surface area contributed by atoms with Crippen LogP contribution in [0.1, 0.15) is 65.7 Å². The zero-order valence-electron chi connectivity index (χ0n) is 20.0. The number of halogens is 1. The van der Waals surface area contributed by atoms with Gasteiger partial charge in [-0.1, -0.05) is 39.3 Å². The SMILES string of the molecule is C[C@H]1CC[C@H]2[C@H](CC[C@H]3C4C5[C@H]([C@H]5C)[C@H](C(=O)CNc5ccccc5F)[C@@]4(C)CC[C@H]23)C1. The zero-order valence-corrected chi connectivity index (χ0v) is 20.0. The Hall–Kier alpha value is -1.38. The third-order valence-electron chi connectivity index (χ3n) is 11.2. The van der Waals surface area contributed by atoms with Crippen LogP contribution in [0.5, 0.6) is 0 Å². The van der Waals surface area contributed by atoms with Crippen LogP contribution in [0.3, 0.4) is 0 Å². The zero-order chi connectivity index (χ0) is 22.2. The molecule has 1 aromatic carbocycles. The van der Waals surface area contributed by atoms with Gasteiger partial charge in [0.15, 0.2) is 5.78 Å². The van der Waals surface area contributed by atoms with E-state index < -0.39 is 0 Å². The van der Waals surface area contributed by atoms with Gasteiger partial charge >= 0.3 is 0 Å². The fourth-order valence-electron chi connectivity index (χ4n) is 9.99. The van der Waals surface area contributed by atoms with E-state index >= 15 is 0 Å². The summed E-state index contributed by atoms with van der Waals surface area (Å²) in [7, 11) is 0. The van der Waals surface area contributed by atoms with Crippen molar-refractivity contribution in [2.75, 3.05) is 11.9 Å². The highest BCUT2D eigenvalue weighted by Crippen LogP contribution is 2.76. The average molecular weight is 438 g/mol. The highest BCUT2D eigenvalue weighted by molar-refractivity contribution is 5.87. The molecule has 0 saturated heterocycles. The summed E-state index contributed by atoms with van der Waals surface area (Å²) in [6.45, 7) is 7.59. The third-order valence-corrected chi connectivity index (χ3v) is 11.2. The molecule has 5 fully saturated rings. The molecule has 5 saturated carbocycles. The average Bonchev–Trinajstić information content (AvgIpc) is 3.29. The summed E-state index contributed by atoms with van der Waals surface area (Å²) in [5.74, 6) is 7.60. The Morgan fingerprint density at radius 1 is 1.03 bits per heavy atom. The van der Waals surface area contributed by atoms with Gasteiger partial charge in [0, 0.05) is 5.92 Å². The van der Waals surface area contributed by atoms with Gasteiger partial charge in [-0.05, 0) is 109 Å². The van der Waals surface area contributed by atoms with Gasteiger partial charge in [-0.3, -0.25) is 4.79 Å². The lowest BCUT2D eigenvalue weighted by molar-refractivity contribution is -0.132. The second-order valence-electron chi connectivity index (χ2n) is 12.6. The van der Waals surface area contributed by atoms with Gasteiger partial charge in [0.2, 0.25) is 0 Å². The van der Waals surface area contributed by atoms with E-state index in [0.29, 0.717) is 23.3 Å². The van der Waals surface area contributed by atoms with E-state index in [2.05, 4.69) is 26.1 Å². The van der Waals surface area contributed by atoms with Crippen LogP contribution in [0.25, 0.3) is 0 Å². The first kappa shape index (κ1) is 21.2. The topological polar surface area (TPSA) is 29.1 Å². The largest absolute Gasteiger partial charge is 0.376 e. The molecule has 1 aromatic rings. The number of nitrogens with one attached hydrogen (secondary N) is 1. The lowest BCUT2D eigenvalue weighted by Crippen LogP contribution is -2.51. The fourth-order valence-corrected chi connectivity index (χ4v) is 9.99. The van der Waals surface area contributed by atoms with Crippen molar-refractivity contribution >= 4 is 11.5 Å². The smallest absolute Gasteiger partial charge is 0.155 e. The Morgan fingerprint density at radius 3 is 2.62 bits per heavy atom. The van der Waals surface area contributed by atoms with Crippen LogP contribution in [-0.2, 0) is 4.79 Å². The first-order valence-corrected chi connectivity index (χ1v) is 13.4. The van der Waals surface area contributed by atoms with Crippen molar-refractivity contribution in [2.24, 2.45) is 64.6 Å². The summed E-state index contributed by atoms with van der Waals surface area (Å²) >= 11 is 0. The number of benzene rings is 1. The van der Waals surface area contributed by atoms with Crippen LogP contribution in [0.4, 0.5) is 10.1 Å². The van der Waals surface area contributed by atoms with E-state index in [0.717, 1.165) is 41.4 Å². The molecule has 0 bridgehead atoms. The molecule has 174 valence electrons. The van der Waals surface area contributed by atoms with Gasteiger partial charge in [0.05, 0.1) is 12.2 Å². The van der Waals surface area contributed by atoms with Crippen molar-refractivity contribution in [3.05, 3.63) is 30.1 Å². The number of fused-ring (bicyclic) bond motifs is 7. The Labute approximate surface area is 193 Å². The van der Waals surface area contributed by atoms with E-state index in [1.54, 1.807) is 12.1 Å². The lowest BCUT2D eigenvalue weighted by atomic mass is 9.47. The lowest BCUT2D eigenvalue weighted by Gasteiger charge is -2.57. The Balaban J connectivity index is 1.22. The summed E-state index contributed by atoms with van der Waals surface area (Å²) in [6.07, 6.45) is 9.75. The molecule has 0 amide bonds. The molecule has 0 radical (unpaired) electrons. The Kier molecular flexibility index (Phi) is 5.01. The number of para-hydroxylation sites is 1. The van der Waals surface area contributed by atoms with Crippen molar-refractivity contribution in [3.8, 4) is 0 Å². The van der Waals surface area contributed by atoms with Gasteiger partial charge in [-0.15, -0.1) is 0 Å². The molecule has 1 N–H and O–H groups in total. The molecule has 2 unspecified atom stereocenters. The minimum atomic E-state index is -0.271. The monoisotopic (exact) mass is 437 g/mol. The summed E-state index contributed by atoms with van der Waals surface area (Å²) in [5.41, 5.74) is 0.612. The number of hydrogen-bond donors (Lipinski definition) is 1. The molecule has 0 heterocycles. The minimum absolute atomic E-state index is 0.159. The van der Waals surface area contributed by atoms with E-state index in [1.807, 2.05) is 6.07 Å². The molecule has 2 nitrogen and oxygen atoms in total. The number of ketones is 1. The molecule has 0 aromatic heterocycles. The van der Waals surface area contributed by atoms with Crippen LogP contribution in [0, 0.1) is 70.4 Å². The molecule has 0 aliphatic heterocycles. The first-order valence-electron chi connectivity index (χ1n) is 13.4. The van der Waals surface area contributed by atoms with Crippen LogP contribution in [-0.4, -0.2) is 12.3 Å². The minimum Gasteiger partial charge on any atom is -0.376 e. The van der Waals surface area contributed by atoms with Gasteiger partial charge in [0.1, 0.15) is 5.82 Å². The van der Waals surface area contributed by atoms with Crippen LogP contribution in [0.15, 0.2) is 24.3 Å². The quantitative estimate of drug-likeness (QED) is 0.560. The van der Waals surface area contributed by atoms with E-state index in [1.165, 1.54) is 51.0 Å². The second-order valence-corrected chi connectivity index (χ2v) is 12.6. The van der Waals surface area contributed by atoms with Gasteiger partial charge < -0.3 is 5.32 Å². The molecular weight excluding hydrogens is 397 g/mol. The maximum absolute atomic E-state index is 14.1. The van der Waals surface area contributed by atoms with Crippen molar-refractivity contribution in [2.45, 2.75) is 65.7 Å². The first-order chi connectivity index (χ1) is 15.4. The van der Waals surface area contributed by atoms with Crippen LogP contribution >= 0.6 is 0 Å². The second kappa shape index (κ2) is 7.57. The highest BCUT2D eigenvalue weighted by atomic mass is 19.1. The Morgan fingerprint density at radius 2 is 1.81 bits per heavy atom. The molecule has 0 spiro atoms. The number of hydrogen-bond acceptors (Lipinski definition) is 2. The number of carbonyl (C=O) groups is 1. The molecular formula is C29H40FNO. The van der Waals surface area contributed by atoms with E-state index in [9.17, 15) is 9.18 Å². The predicted octanol–water partition coefficient (Wildman–Crippen LogP) is 6.81. The molecule has 6 rings (SSSR count). The maximum Gasteiger partial charge on any atom is 0.155 e. The predicted molar refractivity (Wildman–Crippen MR) is 127 cm³/mol. The summed E-state index contributed by atoms with van der Waals surface area (Å²) in [4.78, 5) is 13.6. The molecule has 11 atom stereocenters. The molecule has 5 aliphatic rings. The van der Waals surface area contributed by atoms with Crippen LogP contribution in [0.2, 0.25) is 0 Å². The van der Waals surface area contributed by atoms with Crippen molar-refractivity contribution < 1.29 is 9.18 Å². The normalized spacial score (nSPS) is 48.8. The standard InChI is InChI=1S/C29H40FNO/c1-16-8-10-19-18(14-16)9-11-21-20(19)12-13-29(3)27(21)25-17(2)26(25)28(29)24(32)15-31-23-7-5-4-6-22(23)30/h4-7,16-21,25-28,31H,8-15H2,1-3H3/t16-,17-,18+,19-,20+,21+,25?,26-,27?,28-,29-/m0/s1. The van der Waals surface area contributed by atoms with Gasteiger partial charge in [-0.2, -0.15) is 0 Å². The summed E-state index contributed by atoms with van der Waals surface area (Å²) in [5, 5.41) is 3.13. The van der Waals surface area contributed by atoms with Gasteiger partial charge in [0.25, 0.3) is 0 Å².